The quantitative estimate of drug-likeness (QED) is 0.537. The van der Waals surface area contributed by atoms with Crippen LogP contribution in [-0.4, -0.2) is 26.3 Å². The fraction of sp³-hybridized carbons (Fsp3) is 0.778. The van der Waals surface area contributed by atoms with Crippen molar-refractivity contribution in [1.29, 1.82) is 0 Å². The number of nitrogens with zero attached hydrogens (tertiary/aromatic N) is 5. The molecule has 0 amide bonds. The molecule has 1 fully saturated rings. The molecule has 0 spiro atoms. The molecule has 0 atom stereocenters. The molecule has 0 bridgehead atoms. The lowest BCUT2D eigenvalue weighted by molar-refractivity contribution is 0.427. The molecule has 1 aromatic heterocycles. The third-order valence-electron chi connectivity index (χ3n) is 2.38. The summed E-state index contributed by atoms with van der Waals surface area (Å²) in [5.74, 6) is 1.02. The predicted molar refractivity (Wildman–Crippen MR) is 51.7 cm³/mol. The van der Waals surface area contributed by atoms with Crippen molar-refractivity contribution in [3.05, 3.63) is 5.82 Å². The first-order valence-electron chi connectivity index (χ1n) is 5.03. The van der Waals surface area contributed by atoms with E-state index in [1.807, 2.05) is 0 Å². The standard InChI is InChI=1S/C9H13N5O/c1-7(2)5-14-12-8(11-13-14)9(3-4-9)10-6-15/h7H,3-5H2,1-2H3. The van der Waals surface area contributed by atoms with Gasteiger partial charge in [-0.1, -0.05) is 13.8 Å². The Labute approximate surface area is 87.4 Å². The van der Waals surface area contributed by atoms with Crippen LogP contribution in [0.15, 0.2) is 4.99 Å². The summed E-state index contributed by atoms with van der Waals surface area (Å²) in [5, 5.41) is 12.1. The Balaban J connectivity index is 2.17. The molecule has 0 N–H and O–H groups in total. The highest BCUT2D eigenvalue weighted by atomic mass is 16.1. The molecule has 1 aromatic rings. The highest BCUT2D eigenvalue weighted by Crippen LogP contribution is 2.47. The summed E-state index contributed by atoms with van der Waals surface area (Å²) in [5.41, 5.74) is -0.503. The number of hydrogen-bond donors (Lipinski definition) is 0. The molecule has 15 heavy (non-hydrogen) atoms. The van der Waals surface area contributed by atoms with Crippen molar-refractivity contribution in [2.45, 2.75) is 38.8 Å². The zero-order valence-corrected chi connectivity index (χ0v) is 8.84. The molecular formula is C9H13N5O. The zero-order valence-electron chi connectivity index (χ0n) is 8.84. The molecule has 0 saturated heterocycles. The van der Waals surface area contributed by atoms with Crippen molar-refractivity contribution in [2.24, 2.45) is 10.9 Å². The number of aromatic nitrogens is 4. The average Bonchev–Trinajstić information content (AvgIpc) is 2.79. The van der Waals surface area contributed by atoms with Gasteiger partial charge in [0.15, 0.2) is 0 Å². The minimum atomic E-state index is -0.503. The van der Waals surface area contributed by atoms with Gasteiger partial charge in [0.05, 0.1) is 6.54 Å². The van der Waals surface area contributed by atoms with E-state index in [9.17, 15) is 4.79 Å². The lowest BCUT2D eigenvalue weighted by Crippen LogP contribution is -2.10. The Morgan fingerprint density at radius 3 is 2.87 bits per heavy atom. The predicted octanol–water partition coefficient (Wildman–Crippen LogP) is 0.654. The van der Waals surface area contributed by atoms with Crippen LogP contribution in [0.5, 0.6) is 0 Å². The van der Waals surface area contributed by atoms with Crippen LogP contribution >= 0.6 is 0 Å². The van der Waals surface area contributed by atoms with Gasteiger partial charge in [0.1, 0.15) is 5.54 Å². The first-order valence-corrected chi connectivity index (χ1v) is 5.03. The molecule has 1 saturated carbocycles. The Kier molecular flexibility index (Phi) is 2.36. The molecule has 0 unspecified atom stereocenters. The van der Waals surface area contributed by atoms with Crippen LogP contribution in [-0.2, 0) is 16.9 Å². The maximum atomic E-state index is 10.2. The van der Waals surface area contributed by atoms with Gasteiger partial charge in [-0.2, -0.15) is 9.79 Å². The maximum Gasteiger partial charge on any atom is 0.235 e. The van der Waals surface area contributed by atoms with Gasteiger partial charge < -0.3 is 0 Å². The molecule has 0 radical (unpaired) electrons. The Hall–Kier alpha value is -1.55. The summed E-state index contributed by atoms with van der Waals surface area (Å²) < 4.78 is 0. The van der Waals surface area contributed by atoms with E-state index in [-0.39, 0.29) is 0 Å². The third kappa shape index (κ3) is 1.94. The summed E-state index contributed by atoms with van der Waals surface area (Å²) in [4.78, 5) is 15.5. The Bertz CT molecular complexity index is 400. The molecule has 0 aliphatic heterocycles. The van der Waals surface area contributed by atoms with Crippen LogP contribution in [0.1, 0.15) is 32.5 Å². The van der Waals surface area contributed by atoms with E-state index in [4.69, 9.17) is 0 Å². The second-order valence-corrected chi connectivity index (χ2v) is 4.30. The molecule has 0 aromatic carbocycles. The van der Waals surface area contributed by atoms with Gasteiger partial charge >= 0.3 is 0 Å². The Morgan fingerprint density at radius 1 is 1.60 bits per heavy atom. The van der Waals surface area contributed by atoms with E-state index in [0.29, 0.717) is 11.7 Å². The van der Waals surface area contributed by atoms with Crippen molar-refractivity contribution in [3.8, 4) is 0 Å². The zero-order chi connectivity index (χ0) is 10.9. The smallest absolute Gasteiger partial charge is 0.211 e. The molecular weight excluding hydrogens is 194 g/mol. The topological polar surface area (TPSA) is 73.0 Å². The Morgan fingerprint density at radius 2 is 2.33 bits per heavy atom. The summed E-state index contributed by atoms with van der Waals surface area (Å²) in [7, 11) is 0. The molecule has 80 valence electrons. The van der Waals surface area contributed by atoms with Gasteiger partial charge in [0, 0.05) is 0 Å². The monoisotopic (exact) mass is 207 g/mol. The van der Waals surface area contributed by atoms with E-state index in [2.05, 4.69) is 34.3 Å². The fourth-order valence-electron chi connectivity index (χ4n) is 1.42. The second kappa shape index (κ2) is 3.55. The van der Waals surface area contributed by atoms with Crippen molar-refractivity contribution in [1.82, 2.24) is 20.2 Å². The number of carbonyl (C=O) groups excluding carboxylic acids is 1. The normalized spacial score (nSPS) is 17.5. The minimum absolute atomic E-state index is 0.469. The minimum Gasteiger partial charge on any atom is -0.211 e. The summed E-state index contributed by atoms with van der Waals surface area (Å²) >= 11 is 0. The lowest BCUT2D eigenvalue weighted by atomic mass is 10.2. The lowest BCUT2D eigenvalue weighted by Gasteiger charge is -2.01. The van der Waals surface area contributed by atoms with Crippen molar-refractivity contribution < 1.29 is 4.79 Å². The van der Waals surface area contributed by atoms with E-state index in [1.54, 1.807) is 10.9 Å². The van der Waals surface area contributed by atoms with E-state index in [1.165, 1.54) is 0 Å². The van der Waals surface area contributed by atoms with Crippen LogP contribution in [0.4, 0.5) is 0 Å². The molecule has 1 heterocycles. The van der Waals surface area contributed by atoms with Gasteiger partial charge in [0.25, 0.3) is 0 Å². The number of hydrogen-bond acceptors (Lipinski definition) is 5. The van der Waals surface area contributed by atoms with E-state index >= 15 is 0 Å². The average molecular weight is 207 g/mol. The van der Waals surface area contributed by atoms with Crippen LogP contribution in [0.25, 0.3) is 0 Å². The van der Waals surface area contributed by atoms with Gasteiger partial charge in [-0.25, -0.2) is 4.79 Å². The molecule has 6 heteroatoms. The molecule has 1 aliphatic rings. The molecule has 6 nitrogen and oxygen atoms in total. The summed E-state index contributed by atoms with van der Waals surface area (Å²) in [6.07, 6.45) is 3.21. The summed E-state index contributed by atoms with van der Waals surface area (Å²) in [6.45, 7) is 4.90. The van der Waals surface area contributed by atoms with E-state index in [0.717, 1.165) is 19.4 Å². The van der Waals surface area contributed by atoms with Gasteiger partial charge in [-0.3, -0.25) is 0 Å². The molecule has 1 aliphatic carbocycles. The van der Waals surface area contributed by atoms with E-state index < -0.39 is 5.54 Å². The SMILES string of the molecule is CC(C)Cn1nnc(C2(N=C=O)CC2)n1. The van der Waals surface area contributed by atoms with Gasteiger partial charge in [-0.05, 0) is 24.0 Å². The third-order valence-corrected chi connectivity index (χ3v) is 2.38. The number of isocyanates is 1. The largest absolute Gasteiger partial charge is 0.235 e. The number of rotatable bonds is 4. The fourth-order valence-corrected chi connectivity index (χ4v) is 1.42. The number of aliphatic imine (C=N–C) groups is 1. The summed E-state index contributed by atoms with van der Waals surface area (Å²) in [6, 6.07) is 0. The first-order chi connectivity index (χ1) is 7.16. The van der Waals surface area contributed by atoms with Gasteiger partial charge in [-0.15, -0.1) is 10.2 Å². The highest BCUT2D eigenvalue weighted by molar-refractivity contribution is 5.37. The van der Waals surface area contributed by atoms with Crippen LogP contribution in [0, 0.1) is 5.92 Å². The van der Waals surface area contributed by atoms with Gasteiger partial charge in [0.2, 0.25) is 11.9 Å². The van der Waals surface area contributed by atoms with Crippen LogP contribution < -0.4 is 0 Å². The van der Waals surface area contributed by atoms with Crippen LogP contribution in [0.2, 0.25) is 0 Å². The van der Waals surface area contributed by atoms with Crippen molar-refractivity contribution in [2.75, 3.05) is 0 Å². The highest BCUT2D eigenvalue weighted by Gasteiger charge is 2.49. The van der Waals surface area contributed by atoms with Crippen molar-refractivity contribution in [3.63, 3.8) is 0 Å². The first kappa shape index (κ1) is 9.98. The molecule has 2 rings (SSSR count). The van der Waals surface area contributed by atoms with Crippen LogP contribution in [0.3, 0.4) is 0 Å². The number of tetrazole rings is 1. The van der Waals surface area contributed by atoms with Crippen molar-refractivity contribution >= 4 is 6.08 Å². The second-order valence-electron chi connectivity index (χ2n) is 4.30. The maximum absolute atomic E-state index is 10.2.